The fourth-order valence-corrected chi connectivity index (χ4v) is 3.25. The van der Waals surface area contributed by atoms with Crippen LogP contribution in [0.5, 0.6) is 0 Å². The molecule has 0 fully saturated rings. The van der Waals surface area contributed by atoms with Crippen LogP contribution >= 0.6 is 0 Å². The molecular weight excluding hydrogens is 315 g/mol. The first-order valence-electron chi connectivity index (χ1n) is 8.40. The molecule has 1 aromatic carbocycles. The average Bonchev–Trinajstić information content (AvgIpc) is 2.64. The third-order valence-corrected chi connectivity index (χ3v) is 4.76. The van der Waals surface area contributed by atoms with Crippen molar-refractivity contribution in [2.75, 3.05) is 11.4 Å². The van der Waals surface area contributed by atoms with E-state index in [2.05, 4.69) is 21.8 Å². The fraction of sp³-hybridized carbons (Fsp3) is 0.250. The summed E-state index contributed by atoms with van der Waals surface area (Å²) in [5, 5.41) is 0. The fourth-order valence-electron chi connectivity index (χ4n) is 3.25. The van der Waals surface area contributed by atoms with E-state index in [4.69, 9.17) is 4.98 Å². The third-order valence-electron chi connectivity index (χ3n) is 4.76. The summed E-state index contributed by atoms with van der Waals surface area (Å²) in [5.41, 5.74) is 5.21. The predicted octanol–water partition coefficient (Wildman–Crippen LogP) is 3.86. The van der Waals surface area contributed by atoms with Gasteiger partial charge in [-0.15, -0.1) is 0 Å². The Labute approximate surface area is 146 Å². The average molecular weight is 334 g/mol. The smallest absolute Gasteiger partial charge is 0.163 e. The van der Waals surface area contributed by atoms with Gasteiger partial charge >= 0.3 is 0 Å². The molecule has 0 atom stereocenters. The highest BCUT2D eigenvalue weighted by atomic mass is 19.1. The lowest BCUT2D eigenvalue weighted by atomic mass is 9.99. The highest BCUT2D eigenvalue weighted by Crippen LogP contribution is 2.29. The maximum Gasteiger partial charge on any atom is 0.163 e. The lowest BCUT2D eigenvalue weighted by Crippen LogP contribution is -2.32. The quantitative estimate of drug-likeness (QED) is 0.714. The number of aryl methyl sites for hydroxylation is 1. The van der Waals surface area contributed by atoms with E-state index in [1.54, 1.807) is 18.5 Å². The van der Waals surface area contributed by atoms with Gasteiger partial charge in [-0.2, -0.15) is 0 Å². The van der Waals surface area contributed by atoms with Crippen molar-refractivity contribution < 1.29 is 4.39 Å². The first kappa shape index (κ1) is 15.7. The van der Waals surface area contributed by atoms with E-state index in [0.717, 1.165) is 53.3 Å². The molecule has 25 heavy (non-hydrogen) atoms. The van der Waals surface area contributed by atoms with Crippen molar-refractivity contribution in [2.24, 2.45) is 0 Å². The largest absolute Gasteiger partial charge is 0.352 e. The minimum Gasteiger partial charge on any atom is -0.352 e. The summed E-state index contributed by atoms with van der Waals surface area (Å²) in [5.74, 6) is 1.47. The summed E-state index contributed by atoms with van der Waals surface area (Å²) in [4.78, 5) is 15.9. The molecule has 4 rings (SSSR count). The molecule has 2 aromatic heterocycles. The number of anilines is 1. The van der Waals surface area contributed by atoms with Crippen molar-refractivity contribution in [1.82, 2.24) is 15.0 Å². The number of halogens is 1. The van der Waals surface area contributed by atoms with Gasteiger partial charge in [-0.05, 0) is 55.7 Å². The number of aromatic nitrogens is 3. The molecule has 126 valence electrons. The molecular formula is C20H19FN4. The van der Waals surface area contributed by atoms with Crippen LogP contribution in [0.25, 0.3) is 11.4 Å². The van der Waals surface area contributed by atoms with E-state index < -0.39 is 0 Å². The summed E-state index contributed by atoms with van der Waals surface area (Å²) in [7, 11) is 0. The zero-order chi connectivity index (χ0) is 17.4. The Morgan fingerprint density at radius 2 is 1.96 bits per heavy atom. The molecule has 1 aliphatic heterocycles. The van der Waals surface area contributed by atoms with Gasteiger partial charge in [0.05, 0.1) is 0 Å². The molecule has 1 aliphatic rings. The number of fused-ring (bicyclic) bond motifs is 1. The van der Waals surface area contributed by atoms with Crippen molar-refractivity contribution in [2.45, 2.75) is 26.8 Å². The van der Waals surface area contributed by atoms with Gasteiger partial charge < -0.3 is 4.90 Å². The van der Waals surface area contributed by atoms with E-state index >= 15 is 0 Å². The van der Waals surface area contributed by atoms with E-state index in [9.17, 15) is 4.39 Å². The van der Waals surface area contributed by atoms with Crippen molar-refractivity contribution in [3.8, 4) is 11.4 Å². The molecule has 0 spiro atoms. The van der Waals surface area contributed by atoms with Crippen molar-refractivity contribution in [3.05, 3.63) is 70.9 Å². The van der Waals surface area contributed by atoms with E-state index in [1.807, 2.05) is 25.1 Å². The second-order valence-corrected chi connectivity index (χ2v) is 6.41. The number of pyridine rings is 1. The monoisotopic (exact) mass is 334 g/mol. The van der Waals surface area contributed by atoms with Crippen molar-refractivity contribution in [3.63, 3.8) is 0 Å². The van der Waals surface area contributed by atoms with Crippen LogP contribution in [0.3, 0.4) is 0 Å². The summed E-state index contributed by atoms with van der Waals surface area (Å²) in [6.45, 7) is 5.62. The number of hydrogen-bond donors (Lipinski definition) is 0. The summed E-state index contributed by atoms with van der Waals surface area (Å²) in [6, 6.07) is 8.91. The topological polar surface area (TPSA) is 41.9 Å². The van der Waals surface area contributed by atoms with Gasteiger partial charge in [0.1, 0.15) is 11.6 Å². The Balaban J connectivity index is 1.73. The van der Waals surface area contributed by atoms with Crippen molar-refractivity contribution >= 4 is 5.82 Å². The summed E-state index contributed by atoms with van der Waals surface area (Å²) in [6.07, 6.45) is 4.34. The van der Waals surface area contributed by atoms with Gasteiger partial charge in [-0.25, -0.2) is 14.4 Å². The third kappa shape index (κ3) is 2.97. The molecule has 0 aliphatic carbocycles. The molecule has 0 amide bonds. The molecule has 5 heteroatoms. The second kappa shape index (κ2) is 6.24. The lowest BCUT2D eigenvalue weighted by Gasteiger charge is -2.31. The van der Waals surface area contributed by atoms with Gasteiger partial charge in [-0.3, -0.25) is 4.98 Å². The zero-order valence-corrected chi connectivity index (χ0v) is 14.3. The molecule has 0 radical (unpaired) electrons. The van der Waals surface area contributed by atoms with Crippen LogP contribution in [-0.4, -0.2) is 21.5 Å². The Morgan fingerprint density at radius 1 is 1.08 bits per heavy atom. The van der Waals surface area contributed by atoms with Crippen LogP contribution in [0.4, 0.5) is 10.2 Å². The van der Waals surface area contributed by atoms with Crippen LogP contribution in [0.15, 0.2) is 42.7 Å². The maximum absolute atomic E-state index is 13.4. The first-order valence-corrected chi connectivity index (χ1v) is 8.40. The molecule has 3 aromatic rings. The first-order chi connectivity index (χ1) is 12.1. The molecule has 0 saturated heterocycles. The SMILES string of the molecule is Cc1nc(-c2cccnc2)nc(N2CCc3cc(F)ccc3C2)c1C. The molecule has 0 bridgehead atoms. The Hall–Kier alpha value is -2.82. The van der Waals surface area contributed by atoms with Gasteiger partial charge in [0.15, 0.2) is 5.82 Å². The predicted molar refractivity (Wildman–Crippen MR) is 95.9 cm³/mol. The number of nitrogens with zero attached hydrogens (tertiary/aromatic N) is 4. The molecule has 0 unspecified atom stereocenters. The number of benzene rings is 1. The number of hydrogen-bond acceptors (Lipinski definition) is 4. The summed E-state index contributed by atoms with van der Waals surface area (Å²) >= 11 is 0. The highest BCUT2D eigenvalue weighted by Gasteiger charge is 2.21. The molecule has 4 nitrogen and oxygen atoms in total. The van der Waals surface area contributed by atoms with Crippen LogP contribution in [-0.2, 0) is 13.0 Å². The highest BCUT2D eigenvalue weighted by molar-refractivity contribution is 5.60. The Morgan fingerprint density at radius 3 is 2.76 bits per heavy atom. The molecule has 0 saturated carbocycles. The Kier molecular flexibility index (Phi) is 3.92. The van der Waals surface area contributed by atoms with Crippen LogP contribution in [0.1, 0.15) is 22.4 Å². The lowest BCUT2D eigenvalue weighted by molar-refractivity contribution is 0.618. The van der Waals surface area contributed by atoms with Crippen LogP contribution < -0.4 is 4.90 Å². The van der Waals surface area contributed by atoms with E-state index in [-0.39, 0.29) is 5.82 Å². The standard InChI is InChI=1S/C20H19FN4/c1-13-14(2)23-19(16-4-3-8-22-11-16)24-20(13)25-9-7-15-10-18(21)6-5-17(15)12-25/h3-6,8,10-11H,7,9,12H2,1-2H3. The second-order valence-electron chi connectivity index (χ2n) is 6.41. The van der Waals surface area contributed by atoms with E-state index in [0.29, 0.717) is 5.82 Å². The van der Waals surface area contributed by atoms with Crippen LogP contribution in [0, 0.1) is 19.7 Å². The van der Waals surface area contributed by atoms with E-state index in [1.165, 1.54) is 6.07 Å². The summed E-state index contributed by atoms with van der Waals surface area (Å²) < 4.78 is 13.4. The molecule has 3 heterocycles. The van der Waals surface area contributed by atoms with Gasteiger partial charge in [0.25, 0.3) is 0 Å². The van der Waals surface area contributed by atoms with Crippen LogP contribution in [0.2, 0.25) is 0 Å². The van der Waals surface area contributed by atoms with Crippen molar-refractivity contribution in [1.29, 1.82) is 0 Å². The molecule has 0 N–H and O–H groups in total. The zero-order valence-electron chi connectivity index (χ0n) is 14.3. The number of rotatable bonds is 2. The maximum atomic E-state index is 13.4. The van der Waals surface area contributed by atoms with Gasteiger partial charge in [-0.1, -0.05) is 6.07 Å². The van der Waals surface area contributed by atoms with Gasteiger partial charge in [0, 0.05) is 42.3 Å². The van der Waals surface area contributed by atoms with Gasteiger partial charge in [0.2, 0.25) is 0 Å². The normalized spacial score (nSPS) is 13.6. The minimum atomic E-state index is -0.167. The Bertz CT molecular complexity index is 924. The minimum absolute atomic E-state index is 0.167.